The second-order valence-electron chi connectivity index (χ2n) is 5.77. The number of aromatic nitrogens is 6. The van der Waals surface area contributed by atoms with Gasteiger partial charge < -0.3 is 21.3 Å². The number of nitrogens with zero attached hydrogens (tertiary/aromatic N) is 3. The molecule has 0 aliphatic heterocycles. The minimum Gasteiger partial charge on any atom is -0.311 e. The maximum Gasteiger partial charge on any atom is 0.277 e. The van der Waals surface area contributed by atoms with Gasteiger partial charge in [-0.25, -0.2) is 0 Å². The molecule has 0 saturated carbocycles. The normalized spacial score (nSPS) is 10.3. The molecule has 150 valence electrons. The Bertz CT molecular complexity index is 996. The van der Waals surface area contributed by atoms with Crippen LogP contribution in [0.3, 0.4) is 0 Å². The number of nitrogens with one attached hydrogen (secondary N) is 7. The van der Waals surface area contributed by atoms with Crippen LogP contribution in [0.1, 0.15) is 34.8 Å². The fourth-order valence-electron chi connectivity index (χ4n) is 2.20. The lowest BCUT2D eigenvalue weighted by atomic mass is 10.3. The summed E-state index contributed by atoms with van der Waals surface area (Å²) in [5.41, 5.74) is -0.0413. The van der Waals surface area contributed by atoms with Gasteiger partial charge in [0.15, 0.2) is 17.3 Å². The average molecular weight is 400 g/mol. The van der Waals surface area contributed by atoms with Gasteiger partial charge in [0.1, 0.15) is 17.3 Å². The molecule has 0 aliphatic carbocycles. The number of amides is 4. The Kier molecular flexibility index (Phi) is 5.34. The molecule has 3 aromatic rings. The van der Waals surface area contributed by atoms with Crippen molar-refractivity contribution in [3.8, 4) is 0 Å². The van der Waals surface area contributed by atoms with Gasteiger partial charge in [0.25, 0.3) is 11.8 Å². The summed E-state index contributed by atoms with van der Waals surface area (Å²) in [5.74, 6) is -0.842. The molecule has 0 fully saturated rings. The molecule has 14 heteroatoms. The molecule has 0 aromatic carbocycles. The van der Waals surface area contributed by atoms with E-state index in [1.165, 1.54) is 32.0 Å². The van der Waals surface area contributed by atoms with E-state index in [0.29, 0.717) is 11.6 Å². The highest BCUT2D eigenvalue weighted by molar-refractivity contribution is 6.07. The summed E-state index contributed by atoms with van der Waals surface area (Å²) in [7, 11) is 0. The lowest BCUT2D eigenvalue weighted by Gasteiger charge is -1.98. The number of anilines is 4. The Labute approximate surface area is 162 Å². The molecule has 0 unspecified atom stereocenters. The zero-order chi connectivity index (χ0) is 21.0. The average Bonchev–Trinajstić information content (AvgIpc) is 3.35. The van der Waals surface area contributed by atoms with Crippen molar-refractivity contribution in [1.82, 2.24) is 30.6 Å². The van der Waals surface area contributed by atoms with Crippen molar-refractivity contribution >= 4 is 46.9 Å². The van der Waals surface area contributed by atoms with Crippen LogP contribution in [0.5, 0.6) is 0 Å². The highest BCUT2D eigenvalue weighted by Crippen LogP contribution is 2.13. The topological polar surface area (TPSA) is 202 Å². The van der Waals surface area contributed by atoms with Crippen LogP contribution in [0.4, 0.5) is 23.3 Å². The lowest BCUT2D eigenvalue weighted by molar-refractivity contribution is -0.115. The summed E-state index contributed by atoms with van der Waals surface area (Å²) in [5, 5.41) is 28.9. The summed E-state index contributed by atoms with van der Waals surface area (Å²) in [6, 6.07) is 4.09. The van der Waals surface area contributed by atoms with E-state index in [1.54, 1.807) is 0 Å². The Balaban J connectivity index is 1.60. The third-order valence-corrected chi connectivity index (χ3v) is 3.32. The first-order valence-electron chi connectivity index (χ1n) is 8.14. The summed E-state index contributed by atoms with van der Waals surface area (Å²) < 4.78 is 0. The van der Waals surface area contributed by atoms with Crippen LogP contribution in [0.25, 0.3) is 0 Å². The molecule has 0 aliphatic rings. The van der Waals surface area contributed by atoms with E-state index in [9.17, 15) is 19.2 Å². The molecule has 4 amide bonds. The van der Waals surface area contributed by atoms with Crippen molar-refractivity contribution < 1.29 is 19.2 Å². The Hall–Kier alpha value is -4.49. The maximum atomic E-state index is 12.2. The van der Waals surface area contributed by atoms with Gasteiger partial charge in [-0.3, -0.25) is 34.5 Å². The highest BCUT2D eigenvalue weighted by atomic mass is 16.2. The van der Waals surface area contributed by atoms with Crippen LogP contribution in [-0.2, 0) is 9.59 Å². The van der Waals surface area contributed by atoms with Gasteiger partial charge in [-0.05, 0) is 0 Å². The quantitative estimate of drug-likeness (QED) is 0.307. The standard InChI is InChI=1S/C15H16N10O4/c1-6(26)16-10-4-12(24-22-10)18-14(28)8-3-9(21-20-8)15(29)19-13-5-11(23-25-13)17-7(2)27/h3-5H,1-2H3,(H,20,21)(H3,16,18,22,24,26,28)(H3,17,19,23,25,27,29). The van der Waals surface area contributed by atoms with Gasteiger partial charge in [0, 0.05) is 32.0 Å². The second kappa shape index (κ2) is 8.03. The molecule has 14 nitrogen and oxygen atoms in total. The van der Waals surface area contributed by atoms with Crippen molar-refractivity contribution in [2.45, 2.75) is 13.8 Å². The van der Waals surface area contributed by atoms with Gasteiger partial charge in [-0.15, -0.1) is 0 Å². The van der Waals surface area contributed by atoms with Crippen LogP contribution in [0.2, 0.25) is 0 Å². The van der Waals surface area contributed by atoms with Crippen LogP contribution >= 0.6 is 0 Å². The Morgan fingerprint density at radius 1 is 0.690 bits per heavy atom. The van der Waals surface area contributed by atoms with Gasteiger partial charge in [0.2, 0.25) is 11.8 Å². The van der Waals surface area contributed by atoms with Crippen LogP contribution < -0.4 is 21.3 Å². The smallest absolute Gasteiger partial charge is 0.277 e. The third-order valence-electron chi connectivity index (χ3n) is 3.32. The maximum absolute atomic E-state index is 12.2. The van der Waals surface area contributed by atoms with Crippen LogP contribution in [-0.4, -0.2) is 54.2 Å². The lowest BCUT2D eigenvalue weighted by Crippen LogP contribution is -2.13. The van der Waals surface area contributed by atoms with E-state index in [-0.39, 0.29) is 34.8 Å². The van der Waals surface area contributed by atoms with E-state index < -0.39 is 11.8 Å². The van der Waals surface area contributed by atoms with Crippen molar-refractivity contribution in [2.24, 2.45) is 0 Å². The van der Waals surface area contributed by atoms with Gasteiger partial charge in [-0.1, -0.05) is 0 Å². The molecular weight excluding hydrogens is 384 g/mol. The first-order valence-corrected chi connectivity index (χ1v) is 8.14. The SMILES string of the molecule is CC(=O)Nc1cc(NC(=O)c2cc(C(=O)Nc3cc(NC(C)=O)[nH]n3)[nH]n2)n[nH]1. The monoisotopic (exact) mass is 400 g/mol. The minimum atomic E-state index is -0.617. The number of aromatic amines is 3. The second-order valence-corrected chi connectivity index (χ2v) is 5.77. The number of rotatable bonds is 6. The Morgan fingerprint density at radius 3 is 1.72 bits per heavy atom. The van der Waals surface area contributed by atoms with Gasteiger partial charge >= 0.3 is 0 Å². The molecule has 3 rings (SSSR count). The Morgan fingerprint density at radius 2 is 1.21 bits per heavy atom. The summed E-state index contributed by atoms with van der Waals surface area (Å²) in [6.07, 6.45) is 0. The molecule has 0 radical (unpaired) electrons. The molecule has 7 N–H and O–H groups in total. The van der Waals surface area contributed by atoms with E-state index in [2.05, 4.69) is 51.9 Å². The van der Waals surface area contributed by atoms with Gasteiger partial charge in [0.05, 0.1) is 0 Å². The predicted molar refractivity (Wildman–Crippen MR) is 100 cm³/mol. The van der Waals surface area contributed by atoms with Crippen molar-refractivity contribution in [1.29, 1.82) is 0 Å². The summed E-state index contributed by atoms with van der Waals surface area (Å²) in [4.78, 5) is 46.4. The van der Waals surface area contributed by atoms with E-state index in [4.69, 9.17) is 0 Å². The van der Waals surface area contributed by atoms with Crippen molar-refractivity contribution in [2.75, 3.05) is 21.3 Å². The molecule has 0 bridgehead atoms. The third kappa shape index (κ3) is 5.03. The number of hydrogen-bond donors (Lipinski definition) is 7. The number of hydrogen-bond acceptors (Lipinski definition) is 7. The molecule has 0 saturated heterocycles. The number of H-pyrrole nitrogens is 3. The fourth-order valence-corrected chi connectivity index (χ4v) is 2.20. The molecule has 29 heavy (non-hydrogen) atoms. The van der Waals surface area contributed by atoms with E-state index in [0.717, 1.165) is 0 Å². The van der Waals surface area contributed by atoms with E-state index in [1.807, 2.05) is 0 Å². The summed E-state index contributed by atoms with van der Waals surface area (Å²) >= 11 is 0. The first-order chi connectivity index (χ1) is 13.8. The van der Waals surface area contributed by atoms with Crippen LogP contribution in [0, 0.1) is 0 Å². The first kappa shape index (κ1) is 19.3. The molecule has 3 aromatic heterocycles. The zero-order valence-electron chi connectivity index (χ0n) is 15.2. The molecular formula is C15H16N10O4. The van der Waals surface area contributed by atoms with E-state index >= 15 is 0 Å². The number of carbonyl (C=O) groups excluding carboxylic acids is 4. The zero-order valence-corrected chi connectivity index (χ0v) is 15.2. The minimum absolute atomic E-state index is 0.0141. The predicted octanol–water partition coefficient (Wildman–Crippen LogP) is 0.277. The van der Waals surface area contributed by atoms with Crippen molar-refractivity contribution in [3.05, 3.63) is 29.6 Å². The highest BCUT2D eigenvalue weighted by Gasteiger charge is 2.17. The molecule has 0 spiro atoms. The van der Waals surface area contributed by atoms with Gasteiger partial charge in [-0.2, -0.15) is 15.3 Å². The fraction of sp³-hybridized carbons (Fsp3) is 0.133. The number of carbonyl (C=O) groups is 4. The molecule has 0 atom stereocenters. The van der Waals surface area contributed by atoms with Crippen molar-refractivity contribution in [3.63, 3.8) is 0 Å². The van der Waals surface area contributed by atoms with Crippen LogP contribution in [0.15, 0.2) is 18.2 Å². The summed E-state index contributed by atoms with van der Waals surface area (Å²) in [6.45, 7) is 2.67. The largest absolute Gasteiger partial charge is 0.311 e. The molecule has 3 heterocycles.